The van der Waals surface area contributed by atoms with Crippen molar-refractivity contribution >= 4 is 60.7 Å². The predicted octanol–water partition coefficient (Wildman–Crippen LogP) is 3.46. The number of carbonyl (C=O) groups is 1. The molecule has 0 bridgehead atoms. The SMILES string of the molecule is COCCOc1cc(N(C)S(=O)(=O)c2cccs2)c2[nH]c(C3=NCC(OC(C)=O)S3)cc2c1. The Morgan fingerprint density at radius 1 is 1.30 bits per heavy atom. The van der Waals surface area contributed by atoms with Gasteiger partial charge in [0.15, 0.2) is 5.44 Å². The van der Waals surface area contributed by atoms with Crippen molar-refractivity contribution in [3.8, 4) is 5.75 Å². The van der Waals surface area contributed by atoms with Gasteiger partial charge in [0, 0.05) is 32.5 Å². The van der Waals surface area contributed by atoms with Crippen LogP contribution in [0.15, 0.2) is 44.9 Å². The topological polar surface area (TPSA) is 110 Å². The van der Waals surface area contributed by atoms with E-state index in [-0.39, 0.29) is 15.6 Å². The lowest BCUT2D eigenvalue weighted by molar-refractivity contribution is -0.141. The number of aliphatic imine (C=N–C) groups is 1. The third-order valence-electron chi connectivity index (χ3n) is 4.84. The molecular weight excluding hydrogens is 486 g/mol. The smallest absolute Gasteiger partial charge is 0.303 e. The van der Waals surface area contributed by atoms with E-state index in [0.29, 0.717) is 47.4 Å². The third kappa shape index (κ3) is 5.03. The van der Waals surface area contributed by atoms with Crippen LogP contribution < -0.4 is 9.04 Å². The van der Waals surface area contributed by atoms with Gasteiger partial charge in [0.1, 0.15) is 21.6 Å². The van der Waals surface area contributed by atoms with Crippen LogP contribution in [0.3, 0.4) is 0 Å². The number of thioether (sulfide) groups is 1. The van der Waals surface area contributed by atoms with E-state index in [4.69, 9.17) is 14.2 Å². The largest absolute Gasteiger partial charge is 0.491 e. The average molecular weight is 510 g/mol. The molecule has 12 heteroatoms. The van der Waals surface area contributed by atoms with E-state index in [2.05, 4.69) is 9.98 Å². The molecular formula is C21H23N3O6S3. The summed E-state index contributed by atoms with van der Waals surface area (Å²) in [5, 5.41) is 3.18. The molecule has 0 amide bonds. The molecule has 176 valence electrons. The quantitative estimate of drug-likeness (QED) is 0.347. The number of aromatic nitrogens is 1. The van der Waals surface area contributed by atoms with Gasteiger partial charge < -0.3 is 19.2 Å². The number of anilines is 1. The lowest BCUT2D eigenvalue weighted by Gasteiger charge is -2.20. The summed E-state index contributed by atoms with van der Waals surface area (Å²) in [6, 6.07) is 8.69. The van der Waals surface area contributed by atoms with Crippen LogP contribution in [-0.2, 0) is 24.3 Å². The minimum Gasteiger partial charge on any atom is -0.491 e. The molecule has 1 unspecified atom stereocenters. The van der Waals surface area contributed by atoms with E-state index in [1.807, 2.05) is 12.1 Å². The number of thiophene rings is 1. The standard InChI is InChI=1S/C21H23N3O6S3/c1-13(25)30-18-12-22-21(32-18)16-10-14-9-15(29-7-6-28-3)11-17(20(14)23-16)24(2)33(26,27)19-5-4-8-31-19/h4-5,8-11,18,23H,6-7,12H2,1-3H3. The second-order valence-electron chi connectivity index (χ2n) is 7.14. The van der Waals surface area contributed by atoms with Crippen molar-refractivity contribution < 1.29 is 27.4 Å². The number of hydrogen-bond donors (Lipinski definition) is 1. The first-order chi connectivity index (χ1) is 15.8. The number of nitrogens with zero attached hydrogens (tertiary/aromatic N) is 2. The fraction of sp³-hybridized carbons (Fsp3) is 0.333. The number of ether oxygens (including phenoxy) is 3. The molecule has 0 saturated carbocycles. The van der Waals surface area contributed by atoms with Gasteiger partial charge in [0.05, 0.1) is 30.0 Å². The fourth-order valence-corrected chi connectivity index (χ4v) is 6.64. The highest BCUT2D eigenvalue weighted by molar-refractivity contribution is 8.15. The molecule has 4 rings (SSSR count). The maximum Gasteiger partial charge on any atom is 0.303 e. The van der Waals surface area contributed by atoms with Gasteiger partial charge in [-0.1, -0.05) is 17.8 Å². The Bertz CT molecular complexity index is 1280. The Balaban J connectivity index is 1.73. The van der Waals surface area contributed by atoms with Gasteiger partial charge in [-0.15, -0.1) is 11.3 Å². The molecule has 0 aliphatic carbocycles. The number of H-pyrrole nitrogens is 1. The summed E-state index contributed by atoms with van der Waals surface area (Å²) in [4.78, 5) is 19.0. The Hall–Kier alpha value is -2.54. The van der Waals surface area contributed by atoms with Crippen LogP contribution in [0.25, 0.3) is 10.9 Å². The molecule has 9 nitrogen and oxygen atoms in total. The minimum atomic E-state index is -3.76. The first-order valence-corrected chi connectivity index (χ1v) is 13.2. The van der Waals surface area contributed by atoms with Crippen LogP contribution in [0.4, 0.5) is 5.69 Å². The van der Waals surface area contributed by atoms with Crippen molar-refractivity contribution in [2.45, 2.75) is 16.6 Å². The monoisotopic (exact) mass is 509 g/mol. The number of carbonyl (C=O) groups excluding carboxylic acids is 1. The third-order valence-corrected chi connectivity index (χ3v) is 9.07. The molecule has 0 fully saturated rings. The van der Waals surface area contributed by atoms with Gasteiger partial charge in [0.25, 0.3) is 10.0 Å². The Morgan fingerprint density at radius 3 is 2.82 bits per heavy atom. The number of methoxy groups -OCH3 is 1. The van der Waals surface area contributed by atoms with Crippen LogP contribution in [0.2, 0.25) is 0 Å². The molecule has 1 N–H and O–H groups in total. The van der Waals surface area contributed by atoms with Crippen LogP contribution >= 0.6 is 23.1 Å². The van der Waals surface area contributed by atoms with E-state index in [1.54, 1.807) is 30.7 Å². The molecule has 0 spiro atoms. The number of benzene rings is 1. The second kappa shape index (κ2) is 9.75. The predicted molar refractivity (Wildman–Crippen MR) is 130 cm³/mol. The molecule has 1 aliphatic heterocycles. The van der Waals surface area contributed by atoms with Gasteiger partial charge >= 0.3 is 5.97 Å². The van der Waals surface area contributed by atoms with Crippen molar-refractivity contribution in [1.82, 2.24) is 4.98 Å². The number of aromatic amines is 1. The molecule has 0 radical (unpaired) electrons. The first kappa shape index (κ1) is 23.6. The fourth-order valence-electron chi connectivity index (χ4n) is 3.31. The van der Waals surface area contributed by atoms with Gasteiger partial charge in [-0.25, -0.2) is 8.42 Å². The van der Waals surface area contributed by atoms with Crippen molar-refractivity contribution in [3.05, 3.63) is 41.4 Å². The van der Waals surface area contributed by atoms with Crippen LogP contribution in [-0.4, -0.2) is 63.8 Å². The maximum absolute atomic E-state index is 13.2. The summed E-state index contributed by atoms with van der Waals surface area (Å²) >= 11 is 2.50. The van der Waals surface area contributed by atoms with Crippen LogP contribution in [0.1, 0.15) is 12.6 Å². The maximum atomic E-state index is 13.2. The number of fused-ring (bicyclic) bond motifs is 1. The number of sulfonamides is 1. The van der Waals surface area contributed by atoms with Gasteiger partial charge in [0.2, 0.25) is 0 Å². The zero-order valence-corrected chi connectivity index (χ0v) is 20.7. The molecule has 2 aromatic heterocycles. The molecule has 1 aromatic carbocycles. The lowest BCUT2D eigenvalue weighted by Crippen LogP contribution is -2.26. The highest BCUT2D eigenvalue weighted by Crippen LogP contribution is 2.37. The van der Waals surface area contributed by atoms with E-state index in [1.165, 1.54) is 30.0 Å². The van der Waals surface area contributed by atoms with Crippen molar-refractivity contribution in [3.63, 3.8) is 0 Å². The van der Waals surface area contributed by atoms with Crippen molar-refractivity contribution in [1.29, 1.82) is 0 Å². The number of nitrogens with one attached hydrogen (secondary N) is 1. The summed E-state index contributed by atoms with van der Waals surface area (Å²) in [5.74, 6) is 0.160. The summed E-state index contributed by atoms with van der Waals surface area (Å²) in [7, 11) is -0.656. The minimum absolute atomic E-state index is 0.246. The van der Waals surface area contributed by atoms with Gasteiger partial charge in [-0.2, -0.15) is 0 Å². The zero-order chi connectivity index (χ0) is 23.6. The number of esters is 1. The molecule has 1 aliphatic rings. The summed E-state index contributed by atoms with van der Waals surface area (Å²) in [5.41, 5.74) is 1.41. The average Bonchev–Trinajstić information content (AvgIpc) is 3.52. The van der Waals surface area contributed by atoms with E-state index in [0.717, 1.165) is 16.7 Å². The van der Waals surface area contributed by atoms with Crippen LogP contribution in [0, 0.1) is 0 Å². The number of hydrogen-bond acceptors (Lipinski definition) is 9. The van der Waals surface area contributed by atoms with Crippen LogP contribution in [0.5, 0.6) is 5.75 Å². The molecule has 0 saturated heterocycles. The van der Waals surface area contributed by atoms with Gasteiger partial charge in [-0.05, 0) is 23.6 Å². The summed E-state index contributed by atoms with van der Waals surface area (Å²) in [6.45, 7) is 2.45. The molecule has 33 heavy (non-hydrogen) atoms. The number of rotatable bonds is 9. The van der Waals surface area contributed by atoms with E-state index >= 15 is 0 Å². The van der Waals surface area contributed by atoms with Gasteiger partial charge in [-0.3, -0.25) is 14.1 Å². The Morgan fingerprint density at radius 2 is 2.12 bits per heavy atom. The highest BCUT2D eigenvalue weighted by atomic mass is 32.2. The highest BCUT2D eigenvalue weighted by Gasteiger charge is 2.28. The molecule has 3 heterocycles. The van der Waals surface area contributed by atoms with E-state index in [9.17, 15) is 13.2 Å². The lowest BCUT2D eigenvalue weighted by atomic mass is 10.2. The summed E-state index contributed by atoms with van der Waals surface area (Å²) < 4.78 is 44.0. The zero-order valence-electron chi connectivity index (χ0n) is 18.2. The Labute approximate surface area is 199 Å². The molecule has 3 aromatic rings. The summed E-state index contributed by atoms with van der Waals surface area (Å²) in [6.07, 6.45) is 0. The normalized spacial score (nSPS) is 16.1. The van der Waals surface area contributed by atoms with E-state index < -0.39 is 10.0 Å². The second-order valence-corrected chi connectivity index (χ2v) is 11.4. The molecule has 1 atom stereocenters. The van der Waals surface area contributed by atoms with Crippen molar-refractivity contribution in [2.75, 3.05) is 38.2 Å². The first-order valence-electron chi connectivity index (χ1n) is 9.99. The van der Waals surface area contributed by atoms with Crippen molar-refractivity contribution in [2.24, 2.45) is 4.99 Å². The Kier molecular flexibility index (Phi) is 6.98.